The lowest BCUT2D eigenvalue weighted by molar-refractivity contribution is 0.102. The van der Waals surface area contributed by atoms with Crippen LogP contribution >= 0.6 is 11.8 Å². The van der Waals surface area contributed by atoms with E-state index in [-0.39, 0.29) is 5.91 Å². The third-order valence-corrected chi connectivity index (χ3v) is 4.66. The largest absolute Gasteiger partial charge is 0.376 e. The molecule has 7 heteroatoms. The number of pyridine rings is 3. The van der Waals surface area contributed by atoms with Crippen LogP contribution < -0.4 is 10.2 Å². The third-order valence-electron chi connectivity index (χ3n) is 3.65. The van der Waals surface area contributed by atoms with Crippen LogP contribution in [0.3, 0.4) is 0 Å². The van der Waals surface area contributed by atoms with Crippen molar-refractivity contribution >= 4 is 29.0 Å². The van der Waals surface area contributed by atoms with Crippen LogP contribution in [-0.2, 0) is 5.75 Å². The van der Waals surface area contributed by atoms with E-state index in [1.54, 1.807) is 49.1 Å². The Balaban J connectivity index is 1.77. The number of hydrogen-bond donors (Lipinski definition) is 1. The standard InChI is InChI=1S/C19H19N5OS/c1-24(2)17-6-4-9-21-16(17)13-26-19-15(5-3-10-22-19)18(25)23-14-7-11-20-12-8-14/h3-12H,13H2,1-2H3,(H,20,23,25). The molecule has 1 amide bonds. The van der Waals surface area contributed by atoms with Crippen LogP contribution in [-0.4, -0.2) is 35.0 Å². The molecule has 0 atom stereocenters. The van der Waals surface area contributed by atoms with Gasteiger partial charge in [-0.3, -0.25) is 14.8 Å². The molecule has 0 saturated heterocycles. The Bertz CT molecular complexity index is 886. The fraction of sp³-hybridized carbons (Fsp3) is 0.158. The molecular weight excluding hydrogens is 346 g/mol. The maximum atomic E-state index is 12.6. The van der Waals surface area contributed by atoms with Gasteiger partial charge in [-0.25, -0.2) is 4.98 Å². The van der Waals surface area contributed by atoms with Crippen LogP contribution in [0.1, 0.15) is 16.1 Å². The van der Waals surface area contributed by atoms with Gasteiger partial charge < -0.3 is 10.2 Å². The first kappa shape index (κ1) is 17.9. The van der Waals surface area contributed by atoms with E-state index in [1.807, 2.05) is 31.1 Å². The molecule has 0 aliphatic carbocycles. The molecule has 6 nitrogen and oxygen atoms in total. The van der Waals surface area contributed by atoms with Gasteiger partial charge >= 0.3 is 0 Å². The molecular formula is C19H19N5OS. The number of carbonyl (C=O) groups excluding carboxylic acids is 1. The van der Waals surface area contributed by atoms with E-state index in [0.29, 0.717) is 22.0 Å². The smallest absolute Gasteiger partial charge is 0.258 e. The zero-order chi connectivity index (χ0) is 18.4. The zero-order valence-electron chi connectivity index (χ0n) is 14.6. The topological polar surface area (TPSA) is 71.0 Å². The molecule has 0 fully saturated rings. The molecule has 0 bridgehead atoms. The number of thioether (sulfide) groups is 1. The number of hydrogen-bond acceptors (Lipinski definition) is 6. The van der Waals surface area contributed by atoms with Crippen molar-refractivity contribution < 1.29 is 4.79 Å². The Hall–Kier alpha value is -2.93. The molecule has 26 heavy (non-hydrogen) atoms. The van der Waals surface area contributed by atoms with Crippen molar-refractivity contribution in [1.29, 1.82) is 0 Å². The van der Waals surface area contributed by atoms with E-state index in [2.05, 4.69) is 20.3 Å². The Morgan fingerprint density at radius 3 is 2.54 bits per heavy atom. The molecule has 1 N–H and O–H groups in total. The predicted octanol–water partition coefficient (Wildman–Crippen LogP) is 3.48. The highest BCUT2D eigenvalue weighted by Gasteiger charge is 2.14. The summed E-state index contributed by atoms with van der Waals surface area (Å²) in [4.78, 5) is 27.4. The first-order chi connectivity index (χ1) is 12.6. The number of anilines is 2. The molecule has 0 aromatic carbocycles. The second-order valence-corrected chi connectivity index (χ2v) is 6.66. The van der Waals surface area contributed by atoms with Crippen molar-refractivity contribution in [2.45, 2.75) is 10.8 Å². The Kier molecular flexibility index (Phi) is 5.80. The van der Waals surface area contributed by atoms with E-state index in [4.69, 9.17) is 0 Å². The van der Waals surface area contributed by atoms with Gasteiger partial charge in [0.25, 0.3) is 5.91 Å². The van der Waals surface area contributed by atoms with Crippen LogP contribution in [0.4, 0.5) is 11.4 Å². The molecule has 3 aromatic heterocycles. The fourth-order valence-corrected chi connectivity index (χ4v) is 3.34. The summed E-state index contributed by atoms with van der Waals surface area (Å²) in [5, 5.41) is 3.55. The molecule has 0 spiro atoms. The molecule has 0 unspecified atom stereocenters. The lowest BCUT2D eigenvalue weighted by Gasteiger charge is -2.16. The van der Waals surface area contributed by atoms with Gasteiger partial charge in [-0.15, -0.1) is 0 Å². The van der Waals surface area contributed by atoms with Gasteiger partial charge in [-0.05, 0) is 36.4 Å². The monoisotopic (exact) mass is 365 g/mol. The number of carbonyl (C=O) groups is 1. The summed E-state index contributed by atoms with van der Waals surface area (Å²) in [7, 11) is 3.97. The van der Waals surface area contributed by atoms with Gasteiger partial charge in [0.2, 0.25) is 0 Å². The molecule has 3 rings (SSSR count). The summed E-state index contributed by atoms with van der Waals surface area (Å²) in [6, 6.07) is 11.0. The van der Waals surface area contributed by atoms with Crippen molar-refractivity contribution in [3.63, 3.8) is 0 Å². The van der Waals surface area contributed by atoms with Gasteiger partial charge in [0, 0.05) is 50.3 Å². The van der Waals surface area contributed by atoms with Gasteiger partial charge in [-0.2, -0.15) is 0 Å². The SMILES string of the molecule is CN(C)c1cccnc1CSc1ncccc1C(=O)Nc1ccncc1. The van der Waals surface area contributed by atoms with Crippen molar-refractivity contribution in [3.8, 4) is 0 Å². The summed E-state index contributed by atoms with van der Waals surface area (Å²) in [6.07, 6.45) is 6.74. The van der Waals surface area contributed by atoms with Crippen molar-refractivity contribution in [1.82, 2.24) is 15.0 Å². The van der Waals surface area contributed by atoms with Crippen molar-refractivity contribution in [2.75, 3.05) is 24.3 Å². The number of nitrogens with one attached hydrogen (secondary N) is 1. The Labute approximate surface area is 156 Å². The minimum atomic E-state index is -0.194. The van der Waals surface area contributed by atoms with Gasteiger partial charge in [0.05, 0.1) is 16.9 Å². The van der Waals surface area contributed by atoms with Crippen LogP contribution in [0, 0.1) is 0 Å². The molecule has 132 valence electrons. The number of rotatable bonds is 6. The molecule has 0 radical (unpaired) electrons. The van der Waals surface area contributed by atoms with E-state index in [1.165, 1.54) is 11.8 Å². The van der Waals surface area contributed by atoms with E-state index >= 15 is 0 Å². The molecule has 3 aromatic rings. The van der Waals surface area contributed by atoms with E-state index in [9.17, 15) is 4.79 Å². The molecule has 0 saturated carbocycles. The van der Waals surface area contributed by atoms with Gasteiger partial charge in [0.15, 0.2) is 0 Å². The second-order valence-electron chi connectivity index (χ2n) is 5.70. The maximum Gasteiger partial charge on any atom is 0.258 e. The van der Waals surface area contributed by atoms with Crippen molar-refractivity contribution in [3.05, 3.63) is 72.4 Å². The normalized spacial score (nSPS) is 10.4. The highest BCUT2D eigenvalue weighted by molar-refractivity contribution is 7.98. The number of nitrogens with zero attached hydrogens (tertiary/aromatic N) is 4. The fourth-order valence-electron chi connectivity index (χ4n) is 2.40. The maximum absolute atomic E-state index is 12.6. The average Bonchev–Trinajstić information content (AvgIpc) is 2.67. The minimum Gasteiger partial charge on any atom is -0.376 e. The third kappa shape index (κ3) is 4.37. The summed E-state index contributed by atoms with van der Waals surface area (Å²) in [6.45, 7) is 0. The highest BCUT2D eigenvalue weighted by Crippen LogP contribution is 2.27. The van der Waals surface area contributed by atoms with Crippen LogP contribution in [0.2, 0.25) is 0 Å². The average molecular weight is 365 g/mol. The highest BCUT2D eigenvalue weighted by atomic mass is 32.2. The van der Waals surface area contributed by atoms with Crippen molar-refractivity contribution in [2.24, 2.45) is 0 Å². The summed E-state index contributed by atoms with van der Waals surface area (Å²) in [5.41, 5.74) is 3.24. The van der Waals surface area contributed by atoms with Crippen LogP contribution in [0.25, 0.3) is 0 Å². The van der Waals surface area contributed by atoms with Crippen LogP contribution in [0.15, 0.2) is 66.2 Å². The number of amides is 1. The van der Waals surface area contributed by atoms with Crippen LogP contribution in [0.5, 0.6) is 0 Å². The summed E-state index contributed by atoms with van der Waals surface area (Å²) >= 11 is 1.50. The molecule has 0 aliphatic heterocycles. The summed E-state index contributed by atoms with van der Waals surface area (Å²) in [5.74, 6) is 0.432. The lowest BCUT2D eigenvalue weighted by atomic mass is 10.2. The van der Waals surface area contributed by atoms with E-state index in [0.717, 1.165) is 11.4 Å². The Morgan fingerprint density at radius 2 is 1.77 bits per heavy atom. The minimum absolute atomic E-state index is 0.194. The first-order valence-corrected chi connectivity index (χ1v) is 9.04. The molecule has 3 heterocycles. The quantitative estimate of drug-likeness (QED) is 0.675. The second kappa shape index (κ2) is 8.44. The summed E-state index contributed by atoms with van der Waals surface area (Å²) < 4.78 is 0. The Morgan fingerprint density at radius 1 is 1.04 bits per heavy atom. The number of aromatic nitrogens is 3. The van der Waals surface area contributed by atoms with Gasteiger partial charge in [0.1, 0.15) is 5.03 Å². The zero-order valence-corrected chi connectivity index (χ0v) is 15.4. The lowest BCUT2D eigenvalue weighted by Crippen LogP contribution is -2.14. The first-order valence-electron chi connectivity index (χ1n) is 8.05. The van der Waals surface area contributed by atoms with E-state index < -0.39 is 0 Å². The molecule has 0 aliphatic rings. The van der Waals surface area contributed by atoms with Gasteiger partial charge in [-0.1, -0.05) is 11.8 Å². The predicted molar refractivity (Wildman–Crippen MR) is 105 cm³/mol.